The molecule has 2 aromatic carbocycles. The largest absolute Gasteiger partial charge is 0.491 e. The highest BCUT2D eigenvalue weighted by atomic mass is 19.4. The monoisotopic (exact) mass is 710 g/mol. The predicted molar refractivity (Wildman–Crippen MR) is 168 cm³/mol. The maximum Gasteiger partial charge on any atom is 0.490 e. The number of carbonyl (C=O) groups is 2. The number of aromatic amines is 1. The van der Waals surface area contributed by atoms with Gasteiger partial charge in [0, 0.05) is 34.6 Å². The lowest BCUT2D eigenvalue weighted by molar-refractivity contribution is -0.193. The summed E-state index contributed by atoms with van der Waals surface area (Å²) in [4.78, 5) is 34.7. The Kier molecular flexibility index (Phi) is 12.3. The predicted octanol–water partition coefficient (Wildman–Crippen LogP) is 6.73. The molecule has 18 heteroatoms. The zero-order valence-corrected chi connectivity index (χ0v) is 26.1. The zero-order chi connectivity index (χ0) is 37.4. The van der Waals surface area contributed by atoms with Crippen molar-refractivity contribution in [3.8, 4) is 17.0 Å². The number of aromatic nitrogens is 4. The number of nitrogen functional groups attached to an aromatic ring is 2. The minimum Gasteiger partial charge on any atom is -0.491 e. The van der Waals surface area contributed by atoms with Gasteiger partial charge in [-0.3, -0.25) is 4.98 Å². The van der Waals surface area contributed by atoms with E-state index in [1.54, 1.807) is 30.7 Å². The molecule has 0 spiro atoms. The van der Waals surface area contributed by atoms with Crippen LogP contribution < -0.4 is 16.2 Å². The van der Waals surface area contributed by atoms with Gasteiger partial charge in [-0.2, -0.15) is 26.3 Å². The van der Waals surface area contributed by atoms with E-state index in [2.05, 4.69) is 15.0 Å². The second kappa shape index (κ2) is 16.0. The first-order valence-electron chi connectivity index (χ1n) is 14.3. The molecule has 3 aromatic heterocycles. The van der Waals surface area contributed by atoms with Gasteiger partial charge >= 0.3 is 24.3 Å². The lowest BCUT2D eigenvalue weighted by atomic mass is 9.90. The van der Waals surface area contributed by atoms with Crippen LogP contribution in [0.15, 0.2) is 67.1 Å². The molecule has 50 heavy (non-hydrogen) atoms. The van der Waals surface area contributed by atoms with Gasteiger partial charge in [0.15, 0.2) is 11.6 Å². The second-order valence-corrected chi connectivity index (χ2v) is 10.2. The van der Waals surface area contributed by atoms with Crippen molar-refractivity contribution in [2.45, 2.75) is 38.5 Å². The Bertz CT molecular complexity index is 1930. The van der Waals surface area contributed by atoms with E-state index in [4.69, 9.17) is 41.0 Å². The normalized spacial score (nSPS) is 11.9. The maximum atomic E-state index is 15.9. The Balaban J connectivity index is 0.000000408. The number of aryl methyl sites for hydroxylation is 1. The van der Waals surface area contributed by atoms with Crippen molar-refractivity contribution < 1.29 is 55.3 Å². The number of hydrogen-bond acceptors (Lipinski definition) is 8. The number of nitrogens with zero attached hydrogens (tertiary/aromatic N) is 3. The van der Waals surface area contributed by atoms with Crippen LogP contribution >= 0.6 is 0 Å². The van der Waals surface area contributed by atoms with Gasteiger partial charge in [-0.25, -0.2) is 23.9 Å². The third-order valence-electron chi connectivity index (χ3n) is 6.67. The van der Waals surface area contributed by atoms with Gasteiger partial charge in [0.25, 0.3) is 0 Å². The molecule has 0 aliphatic carbocycles. The number of benzene rings is 2. The lowest BCUT2D eigenvalue weighted by Crippen LogP contribution is -2.21. The number of H-pyrrole nitrogens is 1. The van der Waals surface area contributed by atoms with Crippen molar-refractivity contribution in [3.05, 3.63) is 95.6 Å². The molecule has 266 valence electrons. The van der Waals surface area contributed by atoms with Crippen molar-refractivity contribution in [3.63, 3.8) is 0 Å². The minimum atomic E-state index is -5.08. The van der Waals surface area contributed by atoms with Gasteiger partial charge in [0.05, 0.1) is 30.1 Å². The van der Waals surface area contributed by atoms with Crippen molar-refractivity contribution in [2.75, 3.05) is 18.1 Å². The standard InChI is InChI=1S/C28H27FN6O.2C2HF3O2/c1-3-16-10-21(26(29)24(11-16)36-4-2)25(28-33-15-23(35-28)17-6-5-9-32-14-17)22-13-18-12-19(30)7-8-20(18)27(31)34-22;2*3-2(4,5)1(6)7/h5-15,25H,3-4,30H2,1-2H3,(H2,31,34)(H,33,35);2*(H,6,7). The average Bonchev–Trinajstić information content (AvgIpc) is 3.52. The number of anilines is 2. The van der Waals surface area contributed by atoms with E-state index in [0.717, 1.165) is 27.6 Å². The Morgan fingerprint density at radius 3 is 2.12 bits per heavy atom. The van der Waals surface area contributed by atoms with Gasteiger partial charge in [-0.1, -0.05) is 13.0 Å². The van der Waals surface area contributed by atoms with Crippen molar-refractivity contribution >= 4 is 34.2 Å². The SMILES string of the molecule is CCOc1cc(CC)cc(C(c2cc3cc(N)ccc3c(N)n2)c2ncc(-c3cccnc3)[nH]2)c1F.O=C(O)C(F)(F)F.O=C(O)C(F)(F)F. The number of nitrogens with one attached hydrogen (secondary N) is 1. The average molecular weight is 711 g/mol. The summed E-state index contributed by atoms with van der Waals surface area (Å²) in [6.07, 6.45) is -4.29. The van der Waals surface area contributed by atoms with E-state index in [-0.39, 0.29) is 5.75 Å². The molecule has 0 bridgehead atoms. The topological polar surface area (TPSA) is 190 Å². The highest BCUT2D eigenvalue weighted by molar-refractivity contribution is 5.93. The van der Waals surface area contributed by atoms with Crippen LogP contribution in [0.25, 0.3) is 22.0 Å². The van der Waals surface area contributed by atoms with E-state index in [9.17, 15) is 26.3 Å². The molecule has 5 rings (SSSR count). The van der Waals surface area contributed by atoms with Crippen molar-refractivity contribution in [2.24, 2.45) is 0 Å². The molecule has 0 aliphatic heterocycles. The third-order valence-corrected chi connectivity index (χ3v) is 6.67. The van der Waals surface area contributed by atoms with Crippen LogP contribution in [-0.4, -0.2) is 61.0 Å². The third kappa shape index (κ3) is 9.80. The summed E-state index contributed by atoms with van der Waals surface area (Å²) in [5, 5.41) is 15.8. The summed E-state index contributed by atoms with van der Waals surface area (Å²) in [7, 11) is 0. The first-order valence-corrected chi connectivity index (χ1v) is 14.3. The van der Waals surface area contributed by atoms with Gasteiger partial charge < -0.3 is 31.4 Å². The number of aliphatic carboxylic acids is 2. The van der Waals surface area contributed by atoms with E-state index >= 15 is 4.39 Å². The molecule has 11 nitrogen and oxygen atoms in total. The fraction of sp³-hybridized carbons (Fsp3) is 0.219. The first-order chi connectivity index (χ1) is 23.4. The van der Waals surface area contributed by atoms with Crippen LogP contribution in [0, 0.1) is 5.82 Å². The second-order valence-electron chi connectivity index (χ2n) is 10.2. The highest BCUT2D eigenvalue weighted by Crippen LogP contribution is 2.38. The fourth-order valence-electron chi connectivity index (χ4n) is 4.42. The van der Waals surface area contributed by atoms with E-state index in [1.165, 1.54) is 0 Å². The summed E-state index contributed by atoms with van der Waals surface area (Å²) in [6.45, 7) is 4.20. The molecule has 0 amide bonds. The van der Waals surface area contributed by atoms with Crippen LogP contribution in [-0.2, 0) is 16.0 Å². The van der Waals surface area contributed by atoms with Gasteiger partial charge in [-0.15, -0.1) is 0 Å². The van der Waals surface area contributed by atoms with Crippen molar-refractivity contribution in [1.29, 1.82) is 0 Å². The molecular weight excluding hydrogens is 681 g/mol. The molecule has 0 saturated carbocycles. The Morgan fingerprint density at radius 2 is 1.58 bits per heavy atom. The molecule has 3 heterocycles. The molecule has 0 fully saturated rings. The molecule has 5 aromatic rings. The number of halogens is 7. The van der Waals surface area contributed by atoms with Crippen LogP contribution in [0.5, 0.6) is 5.75 Å². The zero-order valence-electron chi connectivity index (χ0n) is 26.1. The van der Waals surface area contributed by atoms with E-state index in [1.807, 2.05) is 50.2 Å². The molecular formula is C32H29F7N6O5. The Labute approximate surface area is 278 Å². The van der Waals surface area contributed by atoms with Gasteiger partial charge in [0.1, 0.15) is 11.6 Å². The number of imidazole rings is 1. The van der Waals surface area contributed by atoms with Gasteiger partial charge in [0.2, 0.25) is 0 Å². The number of fused-ring (bicyclic) bond motifs is 1. The van der Waals surface area contributed by atoms with Gasteiger partial charge in [-0.05, 0) is 66.8 Å². The molecule has 0 saturated heterocycles. The first kappa shape index (κ1) is 38.5. The molecule has 0 aliphatic rings. The Morgan fingerprint density at radius 1 is 0.940 bits per heavy atom. The summed E-state index contributed by atoms with van der Waals surface area (Å²) < 4.78 is 85.1. The fourth-order valence-corrected chi connectivity index (χ4v) is 4.42. The number of pyridine rings is 2. The molecule has 1 atom stereocenters. The van der Waals surface area contributed by atoms with Crippen LogP contribution in [0.1, 0.15) is 42.4 Å². The molecule has 0 radical (unpaired) electrons. The number of hydrogen-bond donors (Lipinski definition) is 5. The smallest absolute Gasteiger partial charge is 0.490 e. The lowest BCUT2D eigenvalue weighted by Gasteiger charge is -2.20. The van der Waals surface area contributed by atoms with E-state index < -0.39 is 36.0 Å². The number of rotatable bonds is 7. The minimum absolute atomic E-state index is 0.203. The maximum absolute atomic E-state index is 15.9. The van der Waals surface area contributed by atoms with Crippen LogP contribution in [0.3, 0.4) is 0 Å². The Hall–Kier alpha value is -5.94. The molecule has 1 unspecified atom stereocenters. The quantitative estimate of drug-likeness (QED) is 0.0894. The molecule has 7 N–H and O–H groups in total. The number of carboxylic acid groups (broad SMARTS) is 2. The summed E-state index contributed by atoms with van der Waals surface area (Å²) in [5.74, 6) is -5.57. The summed E-state index contributed by atoms with van der Waals surface area (Å²) in [5.41, 5.74) is 16.5. The summed E-state index contributed by atoms with van der Waals surface area (Å²) in [6, 6.07) is 14.7. The summed E-state index contributed by atoms with van der Waals surface area (Å²) >= 11 is 0. The highest BCUT2D eigenvalue weighted by Gasteiger charge is 2.39. The van der Waals surface area contributed by atoms with E-state index in [0.29, 0.717) is 41.6 Å². The van der Waals surface area contributed by atoms with Crippen LogP contribution in [0.2, 0.25) is 0 Å². The number of ether oxygens (including phenoxy) is 1. The number of nitrogens with two attached hydrogens (primary N) is 2. The number of carboxylic acids is 2. The van der Waals surface area contributed by atoms with Crippen LogP contribution in [0.4, 0.5) is 42.2 Å². The number of alkyl halides is 6. The van der Waals surface area contributed by atoms with Crippen molar-refractivity contribution in [1.82, 2.24) is 19.9 Å².